The Morgan fingerprint density at radius 1 is 1.38 bits per heavy atom. The summed E-state index contributed by atoms with van der Waals surface area (Å²) in [7, 11) is 0. The normalized spacial score (nSPS) is 12.0. The van der Waals surface area contributed by atoms with E-state index < -0.39 is 0 Å². The molecule has 2 nitrogen and oxygen atoms in total. The molecular formula is C13H15ClO2. The number of hydrogen-bond donors (Lipinski definition) is 0. The first-order valence-electron chi connectivity index (χ1n) is 5.17. The number of rotatable bonds is 3. The molecule has 0 N–H and O–H groups in total. The summed E-state index contributed by atoms with van der Waals surface area (Å²) in [5, 5.41) is 0.455. The van der Waals surface area contributed by atoms with Crippen molar-refractivity contribution in [3.8, 4) is 0 Å². The summed E-state index contributed by atoms with van der Waals surface area (Å²) in [4.78, 5) is 11.5. The maximum absolute atomic E-state index is 11.5. The number of benzene rings is 1. The van der Waals surface area contributed by atoms with Crippen molar-refractivity contribution in [2.24, 2.45) is 0 Å². The predicted molar refractivity (Wildman–Crippen MR) is 66.3 cm³/mol. The van der Waals surface area contributed by atoms with Gasteiger partial charge in [-0.15, -0.1) is 0 Å². The molecule has 16 heavy (non-hydrogen) atoms. The fourth-order valence-electron chi connectivity index (χ4n) is 1.35. The van der Waals surface area contributed by atoms with E-state index in [1.165, 1.54) is 0 Å². The third kappa shape index (κ3) is 2.86. The minimum absolute atomic E-state index is 0.355. The predicted octanol–water partition coefficient (Wildman–Crippen LogP) is 3.53. The Morgan fingerprint density at radius 2 is 2.00 bits per heavy atom. The van der Waals surface area contributed by atoms with E-state index in [1.807, 2.05) is 31.2 Å². The van der Waals surface area contributed by atoms with Gasteiger partial charge >= 0.3 is 5.97 Å². The van der Waals surface area contributed by atoms with Crippen molar-refractivity contribution in [3.63, 3.8) is 0 Å². The highest BCUT2D eigenvalue weighted by Gasteiger charge is 2.12. The second kappa shape index (κ2) is 5.71. The monoisotopic (exact) mass is 238 g/mol. The van der Waals surface area contributed by atoms with E-state index in [-0.39, 0.29) is 5.97 Å². The maximum Gasteiger partial charge on any atom is 0.335 e. The summed E-state index contributed by atoms with van der Waals surface area (Å²) in [5.41, 5.74) is 2.35. The number of aryl methyl sites for hydroxylation is 1. The zero-order valence-electron chi connectivity index (χ0n) is 9.71. The van der Waals surface area contributed by atoms with E-state index in [2.05, 4.69) is 0 Å². The summed E-state index contributed by atoms with van der Waals surface area (Å²) in [6.07, 6.45) is 0. The van der Waals surface area contributed by atoms with Crippen LogP contribution < -0.4 is 0 Å². The van der Waals surface area contributed by atoms with Crippen molar-refractivity contribution in [3.05, 3.63) is 41.0 Å². The van der Waals surface area contributed by atoms with Crippen molar-refractivity contribution < 1.29 is 9.53 Å². The van der Waals surface area contributed by atoms with Gasteiger partial charge in [-0.2, -0.15) is 0 Å². The highest BCUT2D eigenvalue weighted by atomic mass is 35.5. The van der Waals surface area contributed by atoms with E-state index in [1.54, 1.807) is 13.8 Å². The van der Waals surface area contributed by atoms with Crippen LogP contribution in [0.4, 0.5) is 0 Å². The van der Waals surface area contributed by atoms with E-state index in [4.69, 9.17) is 16.3 Å². The number of ether oxygens (including phenoxy) is 1. The zero-order valence-corrected chi connectivity index (χ0v) is 10.5. The smallest absolute Gasteiger partial charge is 0.335 e. The van der Waals surface area contributed by atoms with Crippen molar-refractivity contribution in [2.75, 3.05) is 6.61 Å². The van der Waals surface area contributed by atoms with Crippen molar-refractivity contribution >= 4 is 22.6 Å². The number of carbonyl (C=O) groups excluding carboxylic acids is 1. The summed E-state index contributed by atoms with van der Waals surface area (Å²) >= 11 is 6.17. The van der Waals surface area contributed by atoms with Crippen LogP contribution in [0.25, 0.3) is 5.03 Å². The molecule has 0 fully saturated rings. The Morgan fingerprint density at radius 3 is 2.56 bits per heavy atom. The molecule has 1 aromatic rings. The molecule has 0 heterocycles. The van der Waals surface area contributed by atoms with Gasteiger partial charge in [0.1, 0.15) is 0 Å². The van der Waals surface area contributed by atoms with Gasteiger partial charge in [0.25, 0.3) is 0 Å². The molecule has 0 atom stereocenters. The molecule has 0 aliphatic heterocycles. The van der Waals surface area contributed by atoms with Gasteiger partial charge < -0.3 is 4.74 Å². The summed E-state index contributed by atoms with van der Waals surface area (Å²) in [6.45, 7) is 5.75. The summed E-state index contributed by atoms with van der Waals surface area (Å²) in [5.74, 6) is -0.365. The lowest BCUT2D eigenvalue weighted by atomic mass is 10.1. The van der Waals surface area contributed by atoms with Gasteiger partial charge in [0, 0.05) is 0 Å². The standard InChI is InChI=1S/C13H15ClO2/c1-4-16-13(15)10(3)12(14)11-8-6-5-7-9(11)2/h5-8H,4H2,1-3H3/b12-10-. The number of carbonyl (C=O) groups is 1. The Labute approximate surface area is 101 Å². The third-order valence-corrected chi connectivity index (χ3v) is 2.78. The Bertz CT molecular complexity index is 422. The van der Waals surface area contributed by atoms with Gasteiger partial charge in [0.15, 0.2) is 0 Å². The molecule has 0 radical (unpaired) electrons. The van der Waals surface area contributed by atoms with E-state index >= 15 is 0 Å². The summed E-state index contributed by atoms with van der Waals surface area (Å²) < 4.78 is 4.90. The summed E-state index contributed by atoms with van der Waals surface area (Å²) in [6, 6.07) is 7.67. The number of esters is 1. The van der Waals surface area contributed by atoms with Crippen LogP contribution in [0.5, 0.6) is 0 Å². The lowest BCUT2D eigenvalue weighted by Crippen LogP contribution is -2.06. The SMILES string of the molecule is CCOC(=O)/C(C)=C(\Cl)c1ccccc1C. The van der Waals surface area contributed by atoms with Gasteiger partial charge in [-0.25, -0.2) is 4.79 Å². The first-order valence-corrected chi connectivity index (χ1v) is 5.55. The molecule has 1 rings (SSSR count). The van der Waals surface area contributed by atoms with Gasteiger partial charge in [-0.1, -0.05) is 35.9 Å². The first-order chi connectivity index (χ1) is 7.57. The van der Waals surface area contributed by atoms with Crippen LogP contribution in [-0.2, 0) is 9.53 Å². The Balaban J connectivity index is 3.09. The molecule has 0 aliphatic carbocycles. The van der Waals surface area contributed by atoms with Gasteiger partial charge in [0.05, 0.1) is 17.2 Å². The third-order valence-electron chi connectivity index (χ3n) is 2.29. The Hall–Kier alpha value is -1.28. The van der Waals surface area contributed by atoms with Crippen LogP contribution in [-0.4, -0.2) is 12.6 Å². The van der Waals surface area contributed by atoms with E-state index in [0.29, 0.717) is 17.2 Å². The largest absolute Gasteiger partial charge is 0.463 e. The van der Waals surface area contributed by atoms with Gasteiger partial charge in [0.2, 0.25) is 0 Å². The maximum atomic E-state index is 11.5. The van der Waals surface area contributed by atoms with E-state index in [0.717, 1.165) is 11.1 Å². The lowest BCUT2D eigenvalue weighted by Gasteiger charge is -2.08. The quantitative estimate of drug-likeness (QED) is 0.595. The van der Waals surface area contributed by atoms with Crippen LogP contribution in [0.1, 0.15) is 25.0 Å². The molecule has 0 unspecified atom stereocenters. The molecular weight excluding hydrogens is 224 g/mol. The lowest BCUT2D eigenvalue weighted by molar-refractivity contribution is -0.138. The van der Waals surface area contributed by atoms with Gasteiger partial charge in [-0.3, -0.25) is 0 Å². The highest BCUT2D eigenvalue weighted by Crippen LogP contribution is 2.26. The van der Waals surface area contributed by atoms with Crippen LogP contribution in [0.2, 0.25) is 0 Å². The highest BCUT2D eigenvalue weighted by molar-refractivity contribution is 6.51. The van der Waals surface area contributed by atoms with Crippen LogP contribution in [0.3, 0.4) is 0 Å². The minimum Gasteiger partial charge on any atom is -0.463 e. The fraction of sp³-hybridized carbons (Fsp3) is 0.308. The number of halogens is 1. The fourth-order valence-corrected chi connectivity index (χ4v) is 1.64. The minimum atomic E-state index is -0.365. The molecule has 1 aromatic carbocycles. The second-order valence-corrected chi connectivity index (χ2v) is 3.85. The average Bonchev–Trinajstić information content (AvgIpc) is 2.28. The average molecular weight is 239 g/mol. The second-order valence-electron chi connectivity index (χ2n) is 3.47. The molecule has 0 aliphatic rings. The molecule has 0 bridgehead atoms. The van der Waals surface area contributed by atoms with Crippen molar-refractivity contribution in [1.29, 1.82) is 0 Å². The number of hydrogen-bond acceptors (Lipinski definition) is 2. The van der Waals surface area contributed by atoms with Gasteiger partial charge in [-0.05, 0) is 31.9 Å². The molecule has 0 saturated heterocycles. The topological polar surface area (TPSA) is 26.3 Å². The Kier molecular flexibility index (Phi) is 4.56. The molecule has 3 heteroatoms. The van der Waals surface area contributed by atoms with Crippen molar-refractivity contribution in [1.82, 2.24) is 0 Å². The van der Waals surface area contributed by atoms with Crippen LogP contribution in [0, 0.1) is 6.92 Å². The molecule has 0 spiro atoms. The first kappa shape index (κ1) is 12.8. The molecule has 0 saturated carbocycles. The zero-order chi connectivity index (χ0) is 12.1. The van der Waals surface area contributed by atoms with Crippen LogP contribution in [0.15, 0.2) is 29.8 Å². The van der Waals surface area contributed by atoms with Crippen molar-refractivity contribution in [2.45, 2.75) is 20.8 Å². The molecule has 0 aromatic heterocycles. The molecule has 0 amide bonds. The van der Waals surface area contributed by atoms with Crippen LogP contribution >= 0.6 is 11.6 Å². The van der Waals surface area contributed by atoms with E-state index in [9.17, 15) is 4.79 Å². The molecule has 86 valence electrons.